The Bertz CT molecular complexity index is 1090. The van der Waals surface area contributed by atoms with E-state index in [9.17, 15) is 4.79 Å². The van der Waals surface area contributed by atoms with E-state index in [4.69, 9.17) is 0 Å². The number of hydrogen-bond donors (Lipinski definition) is 1. The summed E-state index contributed by atoms with van der Waals surface area (Å²) in [7, 11) is 4.18. The van der Waals surface area contributed by atoms with E-state index in [1.807, 2.05) is 12.1 Å². The number of nitrogens with zero attached hydrogens (tertiary/aromatic N) is 1. The van der Waals surface area contributed by atoms with Gasteiger partial charge in [-0.3, -0.25) is 4.79 Å². The Morgan fingerprint density at radius 1 is 0.750 bits per heavy atom. The Morgan fingerprint density at radius 3 is 1.64 bits per heavy atom. The molecule has 3 heteroatoms. The highest BCUT2D eigenvalue weighted by Gasteiger charge is 2.46. The first-order valence-corrected chi connectivity index (χ1v) is 13.8. The predicted octanol–water partition coefficient (Wildman–Crippen LogP) is 7.74. The van der Waals surface area contributed by atoms with Crippen LogP contribution in [0.15, 0.2) is 30.3 Å². The van der Waals surface area contributed by atoms with E-state index < -0.39 is 0 Å². The number of rotatable bonds is 5. The molecule has 0 unspecified atom stereocenters. The third-order valence-electron chi connectivity index (χ3n) is 9.19. The Hall–Kier alpha value is -2.13. The second-order valence-electron chi connectivity index (χ2n) is 14.3. The van der Waals surface area contributed by atoms with Gasteiger partial charge in [-0.2, -0.15) is 0 Å². The summed E-state index contributed by atoms with van der Waals surface area (Å²) in [5.41, 5.74) is 8.87. The Kier molecular flexibility index (Phi) is 6.74. The molecule has 0 fully saturated rings. The summed E-state index contributed by atoms with van der Waals surface area (Å²) in [5, 5.41) is 3.52. The molecular formula is C33H48N2O. The van der Waals surface area contributed by atoms with Crippen molar-refractivity contribution in [2.24, 2.45) is 0 Å². The maximum absolute atomic E-state index is 13.8. The fourth-order valence-corrected chi connectivity index (χ4v) is 6.41. The molecule has 3 nitrogen and oxygen atoms in total. The van der Waals surface area contributed by atoms with Crippen LogP contribution in [0.3, 0.4) is 0 Å². The summed E-state index contributed by atoms with van der Waals surface area (Å²) in [5.74, 6) is 0.00289. The molecule has 0 aliphatic heterocycles. The van der Waals surface area contributed by atoms with Gasteiger partial charge in [0.25, 0.3) is 5.91 Å². The van der Waals surface area contributed by atoms with Crippen molar-refractivity contribution in [1.29, 1.82) is 0 Å². The van der Waals surface area contributed by atoms with Crippen LogP contribution in [-0.2, 0) is 28.1 Å². The summed E-state index contributed by atoms with van der Waals surface area (Å²) in [6.45, 7) is 20.0. The number of fused-ring (bicyclic) bond motifs is 2. The molecule has 0 atom stereocenters. The molecule has 2 aromatic carbocycles. The highest BCUT2D eigenvalue weighted by molar-refractivity contribution is 6.05. The van der Waals surface area contributed by atoms with Crippen LogP contribution in [0.2, 0.25) is 0 Å². The van der Waals surface area contributed by atoms with Gasteiger partial charge in [-0.1, -0.05) is 73.6 Å². The van der Waals surface area contributed by atoms with Crippen molar-refractivity contribution in [2.75, 3.05) is 26.0 Å². The molecule has 0 saturated heterocycles. The molecule has 1 amide bonds. The van der Waals surface area contributed by atoms with Crippen molar-refractivity contribution in [2.45, 2.75) is 109 Å². The van der Waals surface area contributed by atoms with Crippen molar-refractivity contribution in [3.8, 4) is 0 Å². The molecule has 0 aromatic heterocycles. The van der Waals surface area contributed by atoms with Crippen molar-refractivity contribution in [3.63, 3.8) is 0 Å². The van der Waals surface area contributed by atoms with Crippen molar-refractivity contribution < 1.29 is 4.79 Å². The number of anilines is 1. The van der Waals surface area contributed by atoms with Crippen LogP contribution in [0.5, 0.6) is 0 Å². The van der Waals surface area contributed by atoms with Crippen molar-refractivity contribution in [1.82, 2.24) is 4.90 Å². The van der Waals surface area contributed by atoms with Crippen LogP contribution in [0.1, 0.15) is 119 Å². The van der Waals surface area contributed by atoms with Gasteiger partial charge in [0.1, 0.15) is 0 Å². The average Bonchev–Trinajstić information content (AvgIpc) is 2.78. The van der Waals surface area contributed by atoms with Gasteiger partial charge < -0.3 is 10.2 Å². The SMILES string of the molecule is CN(C)CCc1ccc(C(=O)Nc2c3c(cc4c2C(C)(C)CCC4(C)C)C(C)(C)CCC3(C)C)cc1. The second kappa shape index (κ2) is 9.01. The molecular weight excluding hydrogens is 440 g/mol. The van der Waals surface area contributed by atoms with E-state index in [1.165, 1.54) is 27.8 Å². The number of amides is 1. The third kappa shape index (κ3) is 4.88. The van der Waals surface area contributed by atoms with Crippen LogP contribution < -0.4 is 5.32 Å². The lowest BCUT2D eigenvalue weighted by molar-refractivity contribution is 0.102. The standard InChI is InChI=1S/C33H48N2O/c1-30(2)16-18-32(5,6)26-24(30)21-25-27(33(7,8)19-17-31(25,3)4)28(26)34-29(36)23-13-11-22(12-14-23)15-20-35(9)10/h11-14,21H,15-20H2,1-10H3,(H,34,36). The van der Waals surface area contributed by atoms with Crippen LogP contribution in [0, 0.1) is 0 Å². The summed E-state index contributed by atoms with van der Waals surface area (Å²) in [4.78, 5) is 16.0. The van der Waals surface area contributed by atoms with Gasteiger partial charge in [0, 0.05) is 17.8 Å². The summed E-state index contributed by atoms with van der Waals surface area (Å²) >= 11 is 0. The zero-order chi connectivity index (χ0) is 26.7. The fraction of sp³-hybridized carbons (Fsp3) is 0.606. The molecule has 4 rings (SSSR count). The van der Waals surface area contributed by atoms with E-state index in [0.29, 0.717) is 0 Å². The van der Waals surface area contributed by atoms with Crippen molar-refractivity contribution in [3.05, 3.63) is 63.7 Å². The smallest absolute Gasteiger partial charge is 0.255 e. The van der Waals surface area contributed by atoms with Gasteiger partial charge >= 0.3 is 0 Å². The number of carbonyl (C=O) groups is 1. The Balaban J connectivity index is 1.86. The highest BCUT2D eigenvalue weighted by atomic mass is 16.1. The zero-order valence-corrected chi connectivity index (χ0v) is 24.5. The minimum absolute atomic E-state index is 0.00289. The quantitative estimate of drug-likeness (QED) is 0.467. The molecule has 0 saturated carbocycles. The Morgan fingerprint density at radius 2 is 1.19 bits per heavy atom. The third-order valence-corrected chi connectivity index (χ3v) is 9.19. The maximum atomic E-state index is 13.8. The van der Waals surface area contributed by atoms with Gasteiger partial charge in [-0.05, 0) is 108 Å². The highest BCUT2D eigenvalue weighted by Crippen LogP contribution is 2.56. The topological polar surface area (TPSA) is 32.3 Å². The number of nitrogens with one attached hydrogen (secondary N) is 1. The van der Waals surface area contributed by atoms with Crippen LogP contribution in [0.4, 0.5) is 5.69 Å². The van der Waals surface area contributed by atoms with Gasteiger partial charge in [-0.15, -0.1) is 0 Å². The van der Waals surface area contributed by atoms with E-state index in [1.54, 1.807) is 0 Å². The minimum Gasteiger partial charge on any atom is -0.321 e. The molecule has 0 heterocycles. The Labute approximate surface area is 220 Å². The van der Waals surface area contributed by atoms with E-state index in [-0.39, 0.29) is 27.6 Å². The molecule has 1 N–H and O–H groups in total. The lowest BCUT2D eigenvalue weighted by Gasteiger charge is -2.49. The van der Waals surface area contributed by atoms with Crippen molar-refractivity contribution >= 4 is 11.6 Å². The van der Waals surface area contributed by atoms with Crippen LogP contribution in [-0.4, -0.2) is 31.4 Å². The number of likely N-dealkylation sites (N-methyl/N-ethyl adjacent to an activating group) is 1. The molecule has 0 radical (unpaired) electrons. The number of hydrogen-bond acceptors (Lipinski definition) is 2. The molecule has 2 aromatic rings. The van der Waals surface area contributed by atoms with Gasteiger partial charge in [0.05, 0.1) is 0 Å². The summed E-state index contributed by atoms with van der Waals surface area (Å²) in [6.07, 6.45) is 5.56. The van der Waals surface area contributed by atoms with E-state index >= 15 is 0 Å². The molecule has 0 spiro atoms. The van der Waals surface area contributed by atoms with E-state index in [2.05, 4.69) is 97.9 Å². The monoisotopic (exact) mass is 488 g/mol. The normalized spacial score (nSPS) is 21.0. The van der Waals surface area contributed by atoms with Gasteiger partial charge in [0.2, 0.25) is 0 Å². The molecule has 2 aliphatic rings. The van der Waals surface area contributed by atoms with Gasteiger partial charge in [0.15, 0.2) is 0 Å². The number of benzene rings is 2. The molecule has 0 bridgehead atoms. The lowest BCUT2D eigenvalue weighted by Crippen LogP contribution is -2.41. The van der Waals surface area contributed by atoms with E-state index in [0.717, 1.165) is 49.9 Å². The van der Waals surface area contributed by atoms with Crippen LogP contribution in [0.25, 0.3) is 0 Å². The molecule has 196 valence electrons. The lowest BCUT2D eigenvalue weighted by atomic mass is 9.56. The van der Waals surface area contributed by atoms with Gasteiger partial charge in [-0.25, -0.2) is 0 Å². The largest absolute Gasteiger partial charge is 0.321 e. The fourth-order valence-electron chi connectivity index (χ4n) is 6.41. The van der Waals surface area contributed by atoms with Crippen LogP contribution >= 0.6 is 0 Å². The summed E-state index contributed by atoms with van der Waals surface area (Å²) < 4.78 is 0. The maximum Gasteiger partial charge on any atom is 0.255 e. The first kappa shape index (κ1) is 26.9. The first-order chi connectivity index (χ1) is 16.6. The second-order valence-corrected chi connectivity index (χ2v) is 14.3. The number of carbonyl (C=O) groups excluding carboxylic acids is 1. The summed E-state index contributed by atoms with van der Waals surface area (Å²) in [6, 6.07) is 10.7. The zero-order valence-electron chi connectivity index (χ0n) is 24.5. The first-order valence-electron chi connectivity index (χ1n) is 13.8. The minimum atomic E-state index is 0.00289. The molecule has 2 aliphatic carbocycles. The average molecular weight is 489 g/mol. The molecule has 36 heavy (non-hydrogen) atoms. The predicted molar refractivity (Wildman–Crippen MR) is 154 cm³/mol.